The molecule has 0 atom stereocenters. The second kappa shape index (κ2) is 5.91. The summed E-state index contributed by atoms with van der Waals surface area (Å²) in [5.74, 6) is -0.341. The monoisotopic (exact) mass is 306 g/mol. The number of benzene rings is 1. The molecule has 3 rings (SSSR count). The van der Waals surface area contributed by atoms with Gasteiger partial charge in [0, 0.05) is 31.6 Å². The minimum absolute atomic E-state index is 0.341. The molecule has 2 aliphatic heterocycles. The van der Waals surface area contributed by atoms with Crippen LogP contribution in [0.15, 0.2) is 18.2 Å². The fourth-order valence-corrected chi connectivity index (χ4v) is 3.16. The van der Waals surface area contributed by atoms with Crippen LogP contribution in [0.5, 0.6) is 0 Å². The van der Waals surface area contributed by atoms with E-state index in [9.17, 15) is 0 Å². The average Bonchev–Trinajstić information content (AvgIpc) is 2.92. The van der Waals surface area contributed by atoms with Crippen molar-refractivity contribution in [1.82, 2.24) is 4.90 Å². The molecule has 0 bridgehead atoms. The van der Waals surface area contributed by atoms with Crippen molar-refractivity contribution >= 4 is 23.0 Å². The first-order chi connectivity index (χ1) is 10.1. The van der Waals surface area contributed by atoms with E-state index in [1.165, 1.54) is 11.1 Å². The number of rotatable bonds is 1. The lowest BCUT2D eigenvalue weighted by Gasteiger charge is -2.38. The number of hydrogen-bond donors (Lipinski definition) is 1. The summed E-state index contributed by atoms with van der Waals surface area (Å²) in [5.41, 5.74) is 3.62. The molecule has 2 saturated heterocycles. The van der Waals surface area contributed by atoms with Gasteiger partial charge in [0.15, 0.2) is 10.9 Å². The smallest absolute Gasteiger partial charge is 0.173 e. The van der Waals surface area contributed by atoms with Crippen LogP contribution in [0.25, 0.3) is 0 Å². The van der Waals surface area contributed by atoms with Crippen molar-refractivity contribution in [3.05, 3.63) is 29.3 Å². The zero-order chi connectivity index (χ0) is 14.9. The normalized spacial score (nSPS) is 20.8. The quantitative estimate of drug-likeness (QED) is 0.807. The van der Waals surface area contributed by atoms with E-state index < -0.39 is 0 Å². The summed E-state index contributed by atoms with van der Waals surface area (Å²) in [5, 5.41) is 4.12. The van der Waals surface area contributed by atoms with Gasteiger partial charge in [0.1, 0.15) is 0 Å². The third-order valence-electron chi connectivity index (χ3n) is 4.38. The van der Waals surface area contributed by atoms with Crippen LogP contribution in [0.1, 0.15) is 24.0 Å². The molecule has 0 unspecified atom stereocenters. The lowest BCUT2D eigenvalue weighted by atomic mass is 10.0. The van der Waals surface area contributed by atoms with Crippen molar-refractivity contribution in [1.29, 1.82) is 0 Å². The first-order valence-corrected chi connectivity index (χ1v) is 7.90. The maximum atomic E-state index is 5.74. The van der Waals surface area contributed by atoms with Crippen molar-refractivity contribution in [2.45, 2.75) is 32.5 Å². The van der Waals surface area contributed by atoms with E-state index in [1.807, 2.05) is 0 Å². The second-order valence-corrected chi connectivity index (χ2v) is 6.21. The van der Waals surface area contributed by atoms with Gasteiger partial charge in [0.2, 0.25) is 0 Å². The third kappa shape index (κ3) is 3.20. The van der Waals surface area contributed by atoms with Crippen LogP contribution in [-0.2, 0) is 9.47 Å². The maximum Gasteiger partial charge on any atom is 0.173 e. The van der Waals surface area contributed by atoms with Crippen LogP contribution in [0, 0.1) is 13.8 Å². The number of anilines is 1. The molecule has 2 aliphatic rings. The molecule has 0 saturated carbocycles. The number of thiocarbonyl (C=S) groups is 1. The molecule has 2 heterocycles. The minimum atomic E-state index is -0.341. The Morgan fingerprint density at radius 1 is 1.14 bits per heavy atom. The highest BCUT2D eigenvalue weighted by atomic mass is 32.1. The van der Waals surface area contributed by atoms with Gasteiger partial charge in [-0.15, -0.1) is 0 Å². The maximum absolute atomic E-state index is 5.74. The van der Waals surface area contributed by atoms with Gasteiger partial charge in [-0.2, -0.15) is 0 Å². The summed E-state index contributed by atoms with van der Waals surface area (Å²) in [6.45, 7) is 7.40. The molecular weight excluding hydrogens is 284 g/mol. The Hall–Kier alpha value is -1.17. The molecule has 1 aromatic carbocycles. The summed E-state index contributed by atoms with van der Waals surface area (Å²) in [6, 6.07) is 6.32. The first-order valence-electron chi connectivity index (χ1n) is 7.49. The molecule has 1 spiro atoms. The van der Waals surface area contributed by atoms with Crippen LogP contribution >= 0.6 is 12.2 Å². The summed E-state index contributed by atoms with van der Waals surface area (Å²) >= 11 is 5.53. The van der Waals surface area contributed by atoms with E-state index in [1.54, 1.807) is 0 Å². The minimum Gasteiger partial charge on any atom is -0.349 e. The lowest BCUT2D eigenvalue weighted by molar-refractivity contribution is -0.180. The standard InChI is InChI=1S/C16H22N2O2S/c1-12-3-4-14(11-13(12)2)17-15(21)18-7-5-16(6-8-18)19-9-10-20-16/h3-4,11H,5-10H2,1-2H3,(H,17,21). The van der Waals surface area contributed by atoms with Gasteiger partial charge in [-0.3, -0.25) is 0 Å². The number of piperidine rings is 1. The summed E-state index contributed by atoms with van der Waals surface area (Å²) < 4.78 is 11.5. The molecular formula is C16H22N2O2S. The molecule has 1 N–H and O–H groups in total. The average molecular weight is 306 g/mol. The Labute approximate surface area is 131 Å². The zero-order valence-corrected chi connectivity index (χ0v) is 13.5. The fourth-order valence-electron chi connectivity index (χ4n) is 2.86. The number of ether oxygens (including phenoxy) is 2. The Kier molecular flexibility index (Phi) is 4.15. The molecule has 0 amide bonds. The number of nitrogens with zero attached hydrogens (tertiary/aromatic N) is 1. The van der Waals surface area contributed by atoms with E-state index in [-0.39, 0.29) is 5.79 Å². The van der Waals surface area contributed by atoms with Gasteiger partial charge in [-0.1, -0.05) is 6.07 Å². The van der Waals surface area contributed by atoms with E-state index in [4.69, 9.17) is 21.7 Å². The van der Waals surface area contributed by atoms with Gasteiger partial charge in [0.25, 0.3) is 0 Å². The van der Waals surface area contributed by atoms with Gasteiger partial charge in [-0.25, -0.2) is 0 Å². The molecule has 0 aliphatic carbocycles. The lowest BCUT2D eigenvalue weighted by Crippen LogP contribution is -2.48. The Balaban J connectivity index is 1.57. The largest absolute Gasteiger partial charge is 0.349 e. The SMILES string of the molecule is Cc1ccc(NC(=S)N2CCC3(CC2)OCCO3)cc1C. The Morgan fingerprint density at radius 2 is 1.81 bits per heavy atom. The number of aryl methyl sites for hydroxylation is 2. The molecule has 114 valence electrons. The number of likely N-dealkylation sites (tertiary alicyclic amines) is 1. The predicted molar refractivity (Wildman–Crippen MR) is 87.6 cm³/mol. The molecule has 2 fully saturated rings. The van der Waals surface area contributed by atoms with Gasteiger partial charge in [0.05, 0.1) is 13.2 Å². The molecule has 21 heavy (non-hydrogen) atoms. The highest BCUT2D eigenvalue weighted by molar-refractivity contribution is 7.80. The topological polar surface area (TPSA) is 33.7 Å². The van der Waals surface area contributed by atoms with Crippen LogP contribution in [0.4, 0.5) is 5.69 Å². The van der Waals surface area contributed by atoms with Gasteiger partial charge < -0.3 is 19.7 Å². The van der Waals surface area contributed by atoms with Crippen molar-refractivity contribution in [3.63, 3.8) is 0 Å². The fraction of sp³-hybridized carbons (Fsp3) is 0.562. The number of nitrogens with one attached hydrogen (secondary N) is 1. The van der Waals surface area contributed by atoms with Crippen LogP contribution in [-0.4, -0.2) is 42.1 Å². The third-order valence-corrected chi connectivity index (χ3v) is 4.74. The predicted octanol–water partition coefficient (Wildman–Crippen LogP) is 2.84. The van der Waals surface area contributed by atoms with Crippen molar-refractivity contribution in [3.8, 4) is 0 Å². The highest BCUT2D eigenvalue weighted by Gasteiger charge is 2.40. The second-order valence-electron chi connectivity index (χ2n) is 5.82. The molecule has 5 heteroatoms. The Bertz CT molecular complexity index is 531. The summed E-state index contributed by atoms with van der Waals surface area (Å²) in [4.78, 5) is 2.20. The molecule has 1 aromatic rings. The summed E-state index contributed by atoms with van der Waals surface area (Å²) in [6.07, 6.45) is 1.75. The van der Waals surface area contributed by atoms with E-state index in [0.29, 0.717) is 13.2 Å². The van der Waals surface area contributed by atoms with E-state index in [0.717, 1.165) is 36.7 Å². The van der Waals surface area contributed by atoms with Crippen LogP contribution in [0.2, 0.25) is 0 Å². The Morgan fingerprint density at radius 3 is 2.43 bits per heavy atom. The van der Waals surface area contributed by atoms with Crippen molar-refractivity contribution in [2.75, 3.05) is 31.6 Å². The molecule has 4 nitrogen and oxygen atoms in total. The van der Waals surface area contributed by atoms with E-state index >= 15 is 0 Å². The van der Waals surface area contributed by atoms with Crippen molar-refractivity contribution in [2.24, 2.45) is 0 Å². The van der Waals surface area contributed by atoms with Crippen LogP contribution < -0.4 is 5.32 Å². The van der Waals surface area contributed by atoms with Gasteiger partial charge in [-0.05, 0) is 49.3 Å². The van der Waals surface area contributed by atoms with E-state index in [2.05, 4.69) is 42.3 Å². The molecule has 0 radical (unpaired) electrons. The van der Waals surface area contributed by atoms with Crippen molar-refractivity contribution < 1.29 is 9.47 Å². The highest BCUT2D eigenvalue weighted by Crippen LogP contribution is 2.31. The number of hydrogen-bond acceptors (Lipinski definition) is 3. The molecule has 0 aromatic heterocycles. The zero-order valence-electron chi connectivity index (χ0n) is 12.6. The van der Waals surface area contributed by atoms with Gasteiger partial charge >= 0.3 is 0 Å². The first kappa shape index (κ1) is 14.8. The summed E-state index contributed by atoms with van der Waals surface area (Å²) in [7, 11) is 0. The van der Waals surface area contributed by atoms with Crippen LogP contribution in [0.3, 0.4) is 0 Å².